The lowest BCUT2D eigenvalue weighted by atomic mass is 9.99. The van der Waals surface area contributed by atoms with E-state index in [2.05, 4.69) is 55.3 Å². The highest BCUT2D eigenvalue weighted by Gasteiger charge is 2.21. The summed E-state index contributed by atoms with van der Waals surface area (Å²) in [6.07, 6.45) is 2.94. The SMILES string of the molecule is CCN(CC)c1ccc2c(c1)Oc1c(c(=O)n(C)c3cc4c(cc13)CCNC=4C)=C2. The minimum absolute atomic E-state index is 0.0302. The van der Waals surface area contributed by atoms with Crippen LogP contribution in [0.1, 0.15) is 31.9 Å². The molecule has 5 nitrogen and oxygen atoms in total. The third-order valence-electron chi connectivity index (χ3n) is 6.43. The standard InChI is InChI=1S/C25H27N3O2/c1-5-28(6-2)18-8-7-17-12-21-24(30-23(17)13-18)20-11-16-9-10-26-15(3)19(16)14-22(20)27(4)25(21)29/h7-8,11-14,26H,5-6,9-10H2,1-4H3. The number of ether oxygens (including phenoxy) is 1. The lowest BCUT2D eigenvalue weighted by molar-refractivity contribution is 0.476. The first-order chi connectivity index (χ1) is 14.5. The van der Waals surface area contributed by atoms with Crippen LogP contribution < -0.4 is 31.0 Å². The number of nitrogens with zero attached hydrogens (tertiary/aromatic N) is 2. The van der Waals surface area contributed by atoms with Crippen molar-refractivity contribution in [2.75, 3.05) is 24.5 Å². The summed E-state index contributed by atoms with van der Waals surface area (Å²) in [6, 6.07) is 10.6. The smallest absolute Gasteiger partial charge is 0.261 e. The molecule has 154 valence electrons. The van der Waals surface area contributed by atoms with Crippen molar-refractivity contribution >= 4 is 28.4 Å². The van der Waals surface area contributed by atoms with Gasteiger partial charge < -0.3 is 19.5 Å². The quantitative estimate of drug-likeness (QED) is 0.573. The number of rotatable bonds is 3. The molecular formula is C25H27N3O2. The fourth-order valence-corrected chi connectivity index (χ4v) is 4.68. The first-order valence-electron chi connectivity index (χ1n) is 10.7. The van der Waals surface area contributed by atoms with E-state index in [9.17, 15) is 4.79 Å². The molecule has 30 heavy (non-hydrogen) atoms. The van der Waals surface area contributed by atoms with Crippen molar-refractivity contribution in [3.05, 3.63) is 62.2 Å². The number of nitrogens with one attached hydrogen (secondary N) is 1. The van der Waals surface area contributed by atoms with Crippen LogP contribution in [0.25, 0.3) is 22.7 Å². The Morgan fingerprint density at radius 2 is 1.97 bits per heavy atom. The van der Waals surface area contributed by atoms with Crippen LogP contribution in [0.5, 0.6) is 11.5 Å². The van der Waals surface area contributed by atoms with Gasteiger partial charge in [0, 0.05) is 55.1 Å². The van der Waals surface area contributed by atoms with Gasteiger partial charge in [-0.05, 0) is 68.3 Å². The summed E-state index contributed by atoms with van der Waals surface area (Å²) in [5.41, 5.74) is 5.41. The maximum atomic E-state index is 13.2. The molecule has 0 amide bonds. The van der Waals surface area contributed by atoms with Crippen LogP contribution in [0.3, 0.4) is 0 Å². The van der Waals surface area contributed by atoms with Crippen molar-refractivity contribution < 1.29 is 4.74 Å². The molecule has 0 radical (unpaired) electrons. The molecule has 5 rings (SSSR count). The molecule has 2 aliphatic heterocycles. The zero-order valence-corrected chi connectivity index (χ0v) is 18.0. The zero-order valence-electron chi connectivity index (χ0n) is 18.0. The Morgan fingerprint density at radius 3 is 2.73 bits per heavy atom. The molecule has 0 bridgehead atoms. The van der Waals surface area contributed by atoms with Crippen molar-refractivity contribution in [2.45, 2.75) is 27.2 Å². The summed E-state index contributed by atoms with van der Waals surface area (Å²) in [5.74, 6) is 1.49. The van der Waals surface area contributed by atoms with Gasteiger partial charge in [-0.1, -0.05) is 0 Å². The fourth-order valence-electron chi connectivity index (χ4n) is 4.68. The minimum Gasteiger partial charge on any atom is -0.455 e. The van der Waals surface area contributed by atoms with Crippen LogP contribution in [-0.2, 0) is 13.5 Å². The molecule has 5 heteroatoms. The van der Waals surface area contributed by atoms with E-state index in [1.807, 2.05) is 19.2 Å². The number of anilines is 1. The number of benzene rings is 2. The Kier molecular flexibility index (Phi) is 4.35. The second-order valence-corrected chi connectivity index (χ2v) is 8.08. The molecule has 0 saturated heterocycles. The van der Waals surface area contributed by atoms with E-state index in [1.54, 1.807) is 4.57 Å². The fraction of sp³-hybridized carbons (Fsp3) is 0.320. The third-order valence-corrected chi connectivity index (χ3v) is 6.43. The highest BCUT2D eigenvalue weighted by atomic mass is 16.5. The molecule has 0 saturated carbocycles. The molecule has 0 unspecified atom stereocenters. The van der Waals surface area contributed by atoms with E-state index in [-0.39, 0.29) is 5.56 Å². The number of aromatic nitrogens is 1. The molecule has 2 aliphatic rings. The molecule has 1 aromatic heterocycles. The van der Waals surface area contributed by atoms with Gasteiger partial charge in [0.2, 0.25) is 0 Å². The summed E-state index contributed by atoms with van der Waals surface area (Å²) < 4.78 is 8.17. The molecule has 0 aliphatic carbocycles. The highest BCUT2D eigenvalue weighted by Crippen LogP contribution is 2.35. The predicted octanol–water partition coefficient (Wildman–Crippen LogP) is 2.59. The Hall–Kier alpha value is -3.21. The molecule has 0 atom stereocenters. The number of hydrogen-bond acceptors (Lipinski definition) is 4. The zero-order chi connectivity index (χ0) is 21.0. The molecule has 3 aromatic rings. The Balaban J connectivity index is 1.79. The third kappa shape index (κ3) is 2.72. The summed E-state index contributed by atoms with van der Waals surface area (Å²) in [5, 5.41) is 6.24. The lowest BCUT2D eigenvalue weighted by Crippen LogP contribution is -2.37. The van der Waals surface area contributed by atoms with Gasteiger partial charge in [-0.15, -0.1) is 0 Å². The van der Waals surface area contributed by atoms with Crippen molar-refractivity contribution in [1.82, 2.24) is 9.88 Å². The Bertz CT molecular complexity index is 1360. The first-order valence-corrected chi connectivity index (χ1v) is 10.7. The van der Waals surface area contributed by atoms with Crippen molar-refractivity contribution in [3.63, 3.8) is 0 Å². The van der Waals surface area contributed by atoms with Crippen molar-refractivity contribution in [1.29, 1.82) is 0 Å². The molecule has 3 heterocycles. The molecule has 1 N–H and O–H groups in total. The normalized spacial score (nSPS) is 14.2. The molecule has 2 aromatic carbocycles. The number of fused-ring (bicyclic) bond motifs is 5. The molecular weight excluding hydrogens is 374 g/mol. The van der Waals surface area contributed by atoms with E-state index in [0.717, 1.165) is 59.7 Å². The average Bonchev–Trinajstić information content (AvgIpc) is 2.77. The maximum Gasteiger partial charge on any atom is 0.261 e. The summed E-state index contributed by atoms with van der Waals surface area (Å²) >= 11 is 0. The van der Waals surface area contributed by atoms with Crippen LogP contribution >= 0.6 is 0 Å². The van der Waals surface area contributed by atoms with Crippen LogP contribution in [0.15, 0.2) is 35.1 Å². The van der Waals surface area contributed by atoms with Crippen LogP contribution in [0.2, 0.25) is 0 Å². The van der Waals surface area contributed by atoms with Gasteiger partial charge in [0.25, 0.3) is 5.56 Å². The van der Waals surface area contributed by atoms with Gasteiger partial charge in [0.05, 0.1) is 10.7 Å². The first kappa shape index (κ1) is 18.8. The predicted molar refractivity (Wildman–Crippen MR) is 123 cm³/mol. The van der Waals surface area contributed by atoms with E-state index >= 15 is 0 Å². The van der Waals surface area contributed by atoms with E-state index in [1.165, 1.54) is 10.8 Å². The average molecular weight is 402 g/mol. The Morgan fingerprint density at radius 1 is 1.17 bits per heavy atom. The van der Waals surface area contributed by atoms with E-state index in [4.69, 9.17) is 4.74 Å². The van der Waals surface area contributed by atoms with Gasteiger partial charge in [-0.2, -0.15) is 0 Å². The number of pyridine rings is 1. The van der Waals surface area contributed by atoms with Crippen LogP contribution in [0, 0.1) is 0 Å². The monoisotopic (exact) mass is 401 g/mol. The van der Waals surface area contributed by atoms with E-state index < -0.39 is 0 Å². The minimum atomic E-state index is -0.0302. The second-order valence-electron chi connectivity index (χ2n) is 8.08. The van der Waals surface area contributed by atoms with Crippen molar-refractivity contribution in [2.24, 2.45) is 7.05 Å². The van der Waals surface area contributed by atoms with Crippen molar-refractivity contribution in [3.8, 4) is 11.5 Å². The van der Waals surface area contributed by atoms with Gasteiger partial charge in [0.15, 0.2) is 0 Å². The number of hydrogen-bond donors (Lipinski definition) is 1. The summed E-state index contributed by atoms with van der Waals surface area (Å²) in [4.78, 5) is 15.5. The van der Waals surface area contributed by atoms with Gasteiger partial charge in [0.1, 0.15) is 11.5 Å². The molecule has 0 spiro atoms. The highest BCUT2D eigenvalue weighted by molar-refractivity contribution is 5.89. The van der Waals surface area contributed by atoms with Gasteiger partial charge in [-0.3, -0.25) is 4.79 Å². The number of aryl methyl sites for hydroxylation is 1. The van der Waals surface area contributed by atoms with Crippen LogP contribution in [0.4, 0.5) is 5.69 Å². The van der Waals surface area contributed by atoms with Gasteiger partial charge in [-0.25, -0.2) is 0 Å². The Labute approximate surface area is 175 Å². The van der Waals surface area contributed by atoms with Gasteiger partial charge >= 0.3 is 0 Å². The maximum absolute atomic E-state index is 13.2. The molecule has 0 fully saturated rings. The topological polar surface area (TPSA) is 46.5 Å². The summed E-state index contributed by atoms with van der Waals surface area (Å²) in [7, 11) is 1.84. The summed E-state index contributed by atoms with van der Waals surface area (Å²) in [6.45, 7) is 9.21. The lowest BCUT2D eigenvalue weighted by Gasteiger charge is -2.24. The largest absolute Gasteiger partial charge is 0.455 e. The van der Waals surface area contributed by atoms with E-state index in [0.29, 0.717) is 11.0 Å². The van der Waals surface area contributed by atoms with Crippen LogP contribution in [-0.4, -0.2) is 24.2 Å². The second kappa shape index (κ2) is 6.94.